The van der Waals surface area contributed by atoms with Gasteiger partial charge in [0.05, 0.1) is 6.26 Å². The third kappa shape index (κ3) is 4.28. The molecule has 1 unspecified atom stereocenters. The highest BCUT2D eigenvalue weighted by Gasteiger charge is 2.25. The van der Waals surface area contributed by atoms with Gasteiger partial charge in [-0.1, -0.05) is 11.6 Å². The Morgan fingerprint density at radius 1 is 1.50 bits per heavy atom. The summed E-state index contributed by atoms with van der Waals surface area (Å²) < 4.78 is 24.7. The van der Waals surface area contributed by atoms with Crippen LogP contribution in [0.1, 0.15) is 12.8 Å². The maximum absolute atomic E-state index is 11.6. The number of nitrogens with zero attached hydrogens (tertiary/aromatic N) is 1. The van der Waals surface area contributed by atoms with Gasteiger partial charge in [-0.3, -0.25) is 0 Å². The smallest absolute Gasteiger partial charge is 0.211 e. The minimum atomic E-state index is -3.07. The molecular weight excluding hydrogens is 316 g/mol. The predicted molar refractivity (Wildman–Crippen MR) is 85.7 cm³/mol. The molecular formula is C13H19ClN2O2S2. The summed E-state index contributed by atoms with van der Waals surface area (Å²) in [5.41, 5.74) is 6.60. The van der Waals surface area contributed by atoms with E-state index in [1.54, 1.807) is 22.1 Å². The van der Waals surface area contributed by atoms with Crippen molar-refractivity contribution in [3.63, 3.8) is 0 Å². The van der Waals surface area contributed by atoms with E-state index in [4.69, 9.17) is 17.3 Å². The summed E-state index contributed by atoms with van der Waals surface area (Å²) in [6.07, 6.45) is 3.26. The number of benzene rings is 1. The van der Waals surface area contributed by atoms with E-state index in [0.717, 1.165) is 23.5 Å². The van der Waals surface area contributed by atoms with Gasteiger partial charge in [-0.15, -0.1) is 11.8 Å². The molecule has 1 aromatic rings. The molecule has 7 heteroatoms. The first-order valence-electron chi connectivity index (χ1n) is 6.49. The van der Waals surface area contributed by atoms with E-state index >= 15 is 0 Å². The summed E-state index contributed by atoms with van der Waals surface area (Å²) in [5, 5.41) is 0.632. The molecule has 4 nitrogen and oxygen atoms in total. The third-order valence-corrected chi connectivity index (χ3v) is 6.22. The molecule has 0 aromatic heterocycles. The van der Waals surface area contributed by atoms with E-state index in [-0.39, 0.29) is 0 Å². The van der Waals surface area contributed by atoms with Gasteiger partial charge in [-0.25, -0.2) is 12.7 Å². The highest BCUT2D eigenvalue weighted by molar-refractivity contribution is 7.99. The van der Waals surface area contributed by atoms with Crippen molar-refractivity contribution < 1.29 is 8.42 Å². The molecule has 1 atom stereocenters. The lowest BCUT2D eigenvalue weighted by molar-refractivity contribution is 0.286. The molecule has 20 heavy (non-hydrogen) atoms. The lowest BCUT2D eigenvalue weighted by Crippen LogP contribution is -2.39. The van der Waals surface area contributed by atoms with E-state index < -0.39 is 10.0 Å². The zero-order valence-corrected chi connectivity index (χ0v) is 13.8. The molecule has 0 spiro atoms. The molecule has 0 radical (unpaired) electrons. The fourth-order valence-electron chi connectivity index (χ4n) is 2.32. The maximum Gasteiger partial charge on any atom is 0.211 e. The van der Waals surface area contributed by atoms with Crippen LogP contribution in [0, 0.1) is 5.92 Å². The Morgan fingerprint density at radius 2 is 2.25 bits per heavy atom. The number of halogens is 1. The van der Waals surface area contributed by atoms with Crippen LogP contribution in [0.15, 0.2) is 23.1 Å². The molecule has 112 valence electrons. The molecule has 1 fully saturated rings. The van der Waals surface area contributed by atoms with Crippen molar-refractivity contribution in [1.29, 1.82) is 0 Å². The Bertz CT molecular complexity index is 578. The van der Waals surface area contributed by atoms with E-state index in [1.807, 2.05) is 12.1 Å². The summed E-state index contributed by atoms with van der Waals surface area (Å²) in [6.45, 7) is 1.25. The number of thioether (sulfide) groups is 1. The first kappa shape index (κ1) is 15.9. The average Bonchev–Trinajstić information content (AvgIpc) is 2.37. The summed E-state index contributed by atoms with van der Waals surface area (Å²) in [5.74, 6) is 1.25. The Morgan fingerprint density at radius 3 is 2.90 bits per heavy atom. The molecule has 0 saturated carbocycles. The molecule has 1 saturated heterocycles. The van der Waals surface area contributed by atoms with Crippen LogP contribution >= 0.6 is 23.4 Å². The standard InChI is InChI=1S/C13H19ClN2O2S2/c1-20(17,18)16-6-2-3-10(8-16)9-19-13-5-4-11(14)7-12(13)15/h4-5,7,10H,2-3,6,8-9,15H2,1H3. The summed E-state index contributed by atoms with van der Waals surface area (Å²) in [6, 6.07) is 5.48. The zero-order valence-electron chi connectivity index (χ0n) is 11.4. The van der Waals surface area contributed by atoms with Gasteiger partial charge < -0.3 is 5.73 Å². The van der Waals surface area contributed by atoms with Gasteiger partial charge in [0.1, 0.15) is 0 Å². The number of nitrogen functional groups attached to an aromatic ring is 1. The van der Waals surface area contributed by atoms with Crippen LogP contribution in [0.5, 0.6) is 0 Å². The number of rotatable bonds is 4. The normalized spacial score (nSPS) is 21.0. The Labute approximate surface area is 129 Å². The van der Waals surface area contributed by atoms with Crippen molar-refractivity contribution in [2.75, 3.05) is 30.8 Å². The lowest BCUT2D eigenvalue weighted by Gasteiger charge is -2.30. The number of nitrogens with two attached hydrogens (primary N) is 1. The Hall–Kier alpha value is -0.430. The van der Waals surface area contributed by atoms with Gasteiger partial charge in [0.2, 0.25) is 10.0 Å². The molecule has 1 aliphatic rings. The summed E-state index contributed by atoms with van der Waals surface area (Å²) in [4.78, 5) is 1.01. The van der Waals surface area contributed by atoms with Crippen molar-refractivity contribution >= 4 is 39.1 Å². The first-order valence-corrected chi connectivity index (χ1v) is 9.70. The highest BCUT2D eigenvalue weighted by Crippen LogP contribution is 2.31. The van der Waals surface area contributed by atoms with Gasteiger partial charge >= 0.3 is 0 Å². The molecule has 2 N–H and O–H groups in total. The van der Waals surface area contributed by atoms with Gasteiger partial charge in [-0.05, 0) is 37.0 Å². The van der Waals surface area contributed by atoms with Crippen LogP contribution in [0.4, 0.5) is 5.69 Å². The molecule has 1 aliphatic heterocycles. The molecule has 2 rings (SSSR count). The number of piperidine rings is 1. The van der Waals surface area contributed by atoms with Crippen molar-refractivity contribution in [2.45, 2.75) is 17.7 Å². The minimum absolute atomic E-state index is 0.374. The maximum atomic E-state index is 11.6. The number of hydrogen-bond donors (Lipinski definition) is 1. The third-order valence-electron chi connectivity index (χ3n) is 3.40. The fourth-order valence-corrected chi connectivity index (χ4v) is 4.52. The van der Waals surface area contributed by atoms with Crippen LogP contribution in [0.3, 0.4) is 0 Å². The topological polar surface area (TPSA) is 63.4 Å². The van der Waals surface area contributed by atoms with Gasteiger partial charge in [0.25, 0.3) is 0 Å². The van der Waals surface area contributed by atoms with Crippen LogP contribution in [0.25, 0.3) is 0 Å². The predicted octanol–water partition coefficient (Wildman–Crippen LogP) is 2.69. The van der Waals surface area contributed by atoms with Crippen LogP contribution in [-0.2, 0) is 10.0 Å². The van der Waals surface area contributed by atoms with Gasteiger partial charge in [0, 0.05) is 34.4 Å². The quantitative estimate of drug-likeness (QED) is 0.679. The second-order valence-electron chi connectivity index (χ2n) is 5.12. The van der Waals surface area contributed by atoms with Gasteiger partial charge in [0.15, 0.2) is 0 Å². The molecule has 1 heterocycles. The van der Waals surface area contributed by atoms with E-state index in [0.29, 0.717) is 29.7 Å². The van der Waals surface area contributed by atoms with E-state index in [1.165, 1.54) is 6.26 Å². The monoisotopic (exact) mass is 334 g/mol. The second kappa shape index (κ2) is 6.56. The summed E-state index contributed by atoms with van der Waals surface area (Å²) in [7, 11) is -3.07. The van der Waals surface area contributed by atoms with E-state index in [2.05, 4.69) is 0 Å². The SMILES string of the molecule is CS(=O)(=O)N1CCCC(CSc2ccc(Cl)cc2N)C1. The van der Waals surface area contributed by atoms with Crippen molar-refractivity contribution in [3.05, 3.63) is 23.2 Å². The van der Waals surface area contributed by atoms with Crippen molar-refractivity contribution in [1.82, 2.24) is 4.31 Å². The van der Waals surface area contributed by atoms with Crippen LogP contribution in [-0.4, -0.2) is 37.8 Å². The first-order chi connectivity index (χ1) is 9.36. The largest absolute Gasteiger partial charge is 0.398 e. The second-order valence-corrected chi connectivity index (χ2v) is 8.60. The zero-order chi connectivity index (χ0) is 14.8. The Balaban J connectivity index is 1.94. The summed E-state index contributed by atoms with van der Waals surface area (Å²) >= 11 is 7.54. The highest BCUT2D eigenvalue weighted by atomic mass is 35.5. The van der Waals surface area contributed by atoms with Crippen LogP contribution < -0.4 is 5.73 Å². The van der Waals surface area contributed by atoms with E-state index in [9.17, 15) is 8.42 Å². The Kier molecular flexibility index (Phi) is 5.23. The average molecular weight is 335 g/mol. The minimum Gasteiger partial charge on any atom is -0.398 e. The fraction of sp³-hybridized carbons (Fsp3) is 0.538. The molecule has 0 bridgehead atoms. The van der Waals surface area contributed by atoms with Crippen molar-refractivity contribution in [2.24, 2.45) is 5.92 Å². The van der Waals surface area contributed by atoms with Crippen LogP contribution in [0.2, 0.25) is 5.02 Å². The number of hydrogen-bond acceptors (Lipinski definition) is 4. The molecule has 0 amide bonds. The van der Waals surface area contributed by atoms with Gasteiger partial charge in [-0.2, -0.15) is 0 Å². The number of sulfonamides is 1. The molecule has 0 aliphatic carbocycles. The number of anilines is 1. The van der Waals surface area contributed by atoms with Crippen molar-refractivity contribution in [3.8, 4) is 0 Å². The lowest BCUT2D eigenvalue weighted by atomic mass is 10.0. The molecule has 1 aromatic carbocycles.